The molecule has 0 saturated carbocycles. The highest BCUT2D eigenvalue weighted by Crippen LogP contribution is 2.27. The highest BCUT2D eigenvalue weighted by molar-refractivity contribution is 6.07. The molecule has 0 amide bonds. The van der Waals surface area contributed by atoms with Gasteiger partial charge in [0, 0.05) is 27.7 Å². The SMILES string of the molecule is Cc1cc2c(ccc3[nH]c(C)cc(C)c32)n1. The third-order valence-electron chi connectivity index (χ3n) is 3.03. The van der Waals surface area contributed by atoms with Gasteiger partial charge in [0.05, 0.1) is 5.52 Å². The average molecular weight is 210 g/mol. The molecular formula is C14H14N2. The second-order valence-corrected chi connectivity index (χ2v) is 4.45. The zero-order valence-electron chi connectivity index (χ0n) is 9.76. The Kier molecular flexibility index (Phi) is 1.81. The van der Waals surface area contributed by atoms with Gasteiger partial charge in [-0.2, -0.15) is 0 Å². The van der Waals surface area contributed by atoms with Crippen LogP contribution in [0.5, 0.6) is 0 Å². The Hall–Kier alpha value is -1.83. The zero-order valence-corrected chi connectivity index (χ0v) is 9.76. The van der Waals surface area contributed by atoms with Gasteiger partial charge in [0.1, 0.15) is 0 Å². The number of aromatic amines is 1. The van der Waals surface area contributed by atoms with E-state index in [0.29, 0.717) is 0 Å². The molecule has 3 rings (SSSR count). The first-order chi connectivity index (χ1) is 7.65. The second kappa shape index (κ2) is 3.08. The Bertz CT molecular complexity index is 693. The van der Waals surface area contributed by atoms with Crippen LogP contribution < -0.4 is 0 Å². The summed E-state index contributed by atoms with van der Waals surface area (Å²) in [5, 5.41) is 2.55. The van der Waals surface area contributed by atoms with Crippen LogP contribution in [0.4, 0.5) is 0 Å². The van der Waals surface area contributed by atoms with E-state index >= 15 is 0 Å². The summed E-state index contributed by atoms with van der Waals surface area (Å²) >= 11 is 0. The number of benzene rings is 1. The molecule has 1 N–H and O–H groups in total. The molecule has 2 aromatic heterocycles. The molecule has 2 heteroatoms. The van der Waals surface area contributed by atoms with Crippen molar-refractivity contribution in [1.29, 1.82) is 0 Å². The molecule has 0 saturated heterocycles. The molecule has 2 heterocycles. The molecular weight excluding hydrogens is 196 g/mol. The maximum absolute atomic E-state index is 4.51. The molecule has 3 aromatic rings. The number of fused-ring (bicyclic) bond motifs is 3. The third kappa shape index (κ3) is 1.23. The Morgan fingerprint density at radius 3 is 2.69 bits per heavy atom. The van der Waals surface area contributed by atoms with Crippen molar-refractivity contribution < 1.29 is 0 Å². The van der Waals surface area contributed by atoms with Crippen LogP contribution in [-0.4, -0.2) is 9.97 Å². The van der Waals surface area contributed by atoms with E-state index in [1.54, 1.807) is 0 Å². The fourth-order valence-electron chi connectivity index (χ4n) is 2.46. The van der Waals surface area contributed by atoms with Gasteiger partial charge in [-0.15, -0.1) is 0 Å². The van der Waals surface area contributed by atoms with E-state index in [-0.39, 0.29) is 0 Å². The van der Waals surface area contributed by atoms with Crippen LogP contribution in [0.25, 0.3) is 21.8 Å². The molecule has 1 aromatic carbocycles. The molecule has 0 aliphatic carbocycles. The standard InChI is InChI=1S/C14H14N2/c1-8-6-9(2)16-13-5-4-12-11(14(8)13)7-10(3)15-12/h4-7,16H,1-3H3. The Morgan fingerprint density at radius 1 is 1.06 bits per heavy atom. The van der Waals surface area contributed by atoms with E-state index < -0.39 is 0 Å². The van der Waals surface area contributed by atoms with Crippen LogP contribution in [0, 0.1) is 20.8 Å². The maximum Gasteiger partial charge on any atom is 0.0713 e. The number of rotatable bonds is 0. The van der Waals surface area contributed by atoms with Gasteiger partial charge >= 0.3 is 0 Å². The van der Waals surface area contributed by atoms with Gasteiger partial charge in [0.2, 0.25) is 0 Å². The summed E-state index contributed by atoms with van der Waals surface area (Å²) in [5.74, 6) is 0. The molecule has 0 unspecified atom stereocenters. The van der Waals surface area contributed by atoms with Gasteiger partial charge in [-0.05, 0) is 50.6 Å². The van der Waals surface area contributed by atoms with Gasteiger partial charge in [-0.1, -0.05) is 0 Å². The maximum atomic E-state index is 4.51. The topological polar surface area (TPSA) is 28.7 Å². The largest absolute Gasteiger partial charge is 0.359 e. The zero-order chi connectivity index (χ0) is 11.3. The van der Waals surface area contributed by atoms with Crippen LogP contribution >= 0.6 is 0 Å². The lowest BCUT2D eigenvalue weighted by Gasteiger charge is -2.06. The Balaban J connectivity index is 2.59. The summed E-state index contributed by atoms with van der Waals surface area (Å²) in [5.41, 5.74) is 5.87. The fraction of sp³-hybridized carbons (Fsp3) is 0.214. The molecule has 0 bridgehead atoms. The minimum atomic E-state index is 1.09. The van der Waals surface area contributed by atoms with Crippen LogP contribution in [-0.2, 0) is 0 Å². The molecule has 0 aliphatic rings. The van der Waals surface area contributed by atoms with Crippen molar-refractivity contribution in [2.45, 2.75) is 20.8 Å². The molecule has 0 atom stereocenters. The van der Waals surface area contributed by atoms with Crippen molar-refractivity contribution in [1.82, 2.24) is 9.97 Å². The lowest BCUT2D eigenvalue weighted by Crippen LogP contribution is -1.87. The number of aryl methyl sites for hydroxylation is 3. The van der Waals surface area contributed by atoms with Crippen molar-refractivity contribution in [3.63, 3.8) is 0 Å². The van der Waals surface area contributed by atoms with Crippen molar-refractivity contribution in [3.05, 3.63) is 41.2 Å². The third-order valence-corrected chi connectivity index (χ3v) is 3.03. The van der Waals surface area contributed by atoms with Gasteiger partial charge in [0.15, 0.2) is 0 Å². The summed E-state index contributed by atoms with van der Waals surface area (Å²) < 4.78 is 0. The van der Waals surface area contributed by atoms with E-state index in [9.17, 15) is 0 Å². The number of hydrogen-bond donors (Lipinski definition) is 1. The predicted octanol–water partition coefficient (Wildman–Crippen LogP) is 3.64. The fourth-order valence-corrected chi connectivity index (χ4v) is 2.46. The molecule has 0 spiro atoms. The van der Waals surface area contributed by atoms with E-state index in [4.69, 9.17) is 0 Å². The number of aromatic nitrogens is 2. The summed E-state index contributed by atoms with van der Waals surface area (Å²) in [7, 11) is 0. The van der Waals surface area contributed by atoms with E-state index in [1.807, 2.05) is 6.92 Å². The van der Waals surface area contributed by atoms with Crippen LogP contribution in [0.15, 0.2) is 24.3 Å². The number of hydrogen-bond acceptors (Lipinski definition) is 1. The molecule has 0 fully saturated rings. The van der Waals surface area contributed by atoms with E-state index in [1.165, 1.54) is 27.5 Å². The highest BCUT2D eigenvalue weighted by atomic mass is 14.7. The minimum absolute atomic E-state index is 1.09. The monoisotopic (exact) mass is 210 g/mol. The summed E-state index contributed by atoms with van der Waals surface area (Å²) in [4.78, 5) is 7.92. The number of nitrogens with zero attached hydrogens (tertiary/aromatic N) is 1. The molecule has 80 valence electrons. The van der Waals surface area contributed by atoms with Gasteiger partial charge < -0.3 is 4.98 Å². The smallest absolute Gasteiger partial charge is 0.0713 e. The first kappa shape index (κ1) is 9.40. The highest BCUT2D eigenvalue weighted by Gasteiger charge is 2.07. The van der Waals surface area contributed by atoms with E-state index in [0.717, 1.165) is 11.2 Å². The number of nitrogens with one attached hydrogen (secondary N) is 1. The minimum Gasteiger partial charge on any atom is -0.359 e. The molecule has 0 radical (unpaired) electrons. The molecule has 16 heavy (non-hydrogen) atoms. The number of pyridine rings is 1. The van der Waals surface area contributed by atoms with Crippen molar-refractivity contribution in [2.24, 2.45) is 0 Å². The predicted molar refractivity (Wildman–Crippen MR) is 67.8 cm³/mol. The Morgan fingerprint density at radius 2 is 1.88 bits per heavy atom. The lowest BCUT2D eigenvalue weighted by atomic mass is 10.1. The average Bonchev–Trinajstić information content (AvgIpc) is 2.56. The van der Waals surface area contributed by atoms with Crippen LogP contribution in [0.2, 0.25) is 0 Å². The van der Waals surface area contributed by atoms with Crippen molar-refractivity contribution in [3.8, 4) is 0 Å². The normalized spacial score (nSPS) is 11.4. The first-order valence-electron chi connectivity index (χ1n) is 5.51. The van der Waals surface area contributed by atoms with Gasteiger partial charge in [-0.3, -0.25) is 4.98 Å². The summed E-state index contributed by atoms with van der Waals surface area (Å²) in [6, 6.07) is 8.54. The van der Waals surface area contributed by atoms with E-state index in [2.05, 4.69) is 48.1 Å². The van der Waals surface area contributed by atoms with Crippen molar-refractivity contribution in [2.75, 3.05) is 0 Å². The Labute approximate surface area is 94.3 Å². The summed E-state index contributed by atoms with van der Waals surface area (Å²) in [6.45, 7) is 6.29. The number of H-pyrrole nitrogens is 1. The van der Waals surface area contributed by atoms with Gasteiger partial charge in [0.25, 0.3) is 0 Å². The quantitative estimate of drug-likeness (QED) is 0.603. The summed E-state index contributed by atoms with van der Waals surface area (Å²) in [6.07, 6.45) is 0. The lowest BCUT2D eigenvalue weighted by molar-refractivity contribution is 1.24. The second-order valence-electron chi connectivity index (χ2n) is 4.45. The first-order valence-corrected chi connectivity index (χ1v) is 5.51. The van der Waals surface area contributed by atoms with Crippen molar-refractivity contribution >= 4 is 21.8 Å². The van der Waals surface area contributed by atoms with Crippen LogP contribution in [0.3, 0.4) is 0 Å². The van der Waals surface area contributed by atoms with Crippen LogP contribution in [0.1, 0.15) is 17.0 Å². The van der Waals surface area contributed by atoms with Gasteiger partial charge in [-0.25, -0.2) is 0 Å². The molecule has 0 aliphatic heterocycles. The molecule has 2 nitrogen and oxygen atoms in total.